The Bertz CT molecular complexity index is 708. The van der Waals surface area contributed by atoms with E-state index in [4.69, 9.17) is 11.6 Å². The number of phenols is 1. The summed E-state index contributed by atoms with van der Waals surface area (Å²) < 4.78 is 0.892. The van der Waals surface area contributed by atoms with Crippen LogP contribution in [0.15, 0.2) is 53.0 Å². The Morgan fingerprint density at radius 1 is 1.04 bits per heavy atom. The highest BCUT2D eigenvalue weighted by Crippen LogP contribution is 2.34. The molecule has 0 saturated carbocycles. The van der Waals surface area contributed by atoms with Gasteiger partial charge in [0, 0.05) is 15.1 Å². The smallest absolute Gasteiger partial charge is 0.121 e. The molecule has 2 nitrogen and oxygen atoms in total. The zero-order chi connectivity index (χ0) is 16.9. The fourth-order valence-corrected chi connectivity index (χ4v) is 3.64. The van der Waals surface area contributed by atoms with Crippen LogP contribution < -0.4 is 0 Å². The number of hydrogen-bond acceptors (Lipinski definition) is 2. The van der Waals surface area contributed by atoms with Gasteiger partial charge < -0.3 is 5.11 Å². The lowest BCUT2D eigenvalue weighted by molar-refractivity contribution is 0.190. The van der Waals surface area contributed by atoms with Crippen molar-refractivity contribution in [1.29, 1.82) is 0 Å². The molecule has 4 heteroatoms. The summed E-state index contributed by atoms with van der Waals surface area (Å²) in [5.74, 6) is 0.334. The minimum absolute atomic E-state index is 0.0779. The van der Waals surface area contributed by atoms with Crippen LogP contribution in [-0.4, -0.2) is 23.1 Å². The largest absolute Gasteiger partial charge is 0.508 e. The average molecular weight is 407 g/mol. The first kappa shape index (κ1) is 17.5. The Morgan fingerprint density at radius 2 is 1.75 bits per heavy atom. The van der Waals surface area contributed by atoms with E-state index >= 15 is 0 Å². The van der Waals surface area contributed by atoms with Gasteiger partial charge in [-0.25, -0.2) is 0 Å². The van der Waals surface area contributed by atoms with E-state index in [1.54, 1.807) is 6.07 Å². The van der Waals surface area contributed by atoms with Crippen LogP contribution >= 0.6 is 27.5 Å². The first-order chi connectivity index (χ1) is 11.6. The molecule has 0 aliphatic carbocycles. The van der Waals surface area contributed by atoms with Crippen LogP contribution in [0.25, 0.3) is 6.08 Å². The molecule has 1 unspecified atom stereocenters. The van der Waals surface area contributed by atoms with Crippen LogP contribution in [0.3, 0.4) is 0 Å². The predicted octanol–water partition coefficient (Wildman–Crippen LogP) is 6.05. The van der Waals surface area contributed by atoms with E-state index in [1.165, 1.54) is 19.3 Å². The van der Waals surface area contributed by atoms with E-state index in [0.717, 1.165) is 33.7 Å². The van der Waals surface area contributed by atoms with E-state index in [-0.39, 0.29) is 6.04 Å². The van der Waals surface area contributed by atoms with Crippen LogP contribution in [0.4, 0.5) is 0 Å². The van der Waals surface area contributed by atoms with Crippen LogP contribution in [0.5, 0.6) is 5.75 Å². The summed E-state index contributed by atoms with van der Waals surface area (Å²) in [6.45, 7) is 2.12. The molecule has 0 aromatic heterocycles. The number of piperidine rings is 1. The minimum atomic E-state index is 0.0779. The Kier molecular flexibility index (Phi) is 5.99. The third kappa shape index (κ3) is 4.41. The molecular weight excluding hydrogens is 386 g/mol. The molecule has 0 radical (unpaired) electrons. The highest BCUT2D eigenvalue weighted by atomic mass is 79.9. The molecule has 126 valence electrons. The molecular formula is C20H21BrClNO. The molecule has 0 spiro atoms. The number of aromatic hydroxyl groups is 1. The Balaban J connectivity index is 1.90. The number of halogens is 2. The third-order valence-electron chi connectivity index (χ3n) is 4.44. The summed E-state index contributed by atoms with van der Waals surface area (Å²) in [4.78, 5) is 2.44. The van der Waals surface area contributed by atoms with Gasteiger partial charge in [-0.2, -0.15) is 0 Å². The maximum Gasteiger partial charge on any atom is 0.121 e. The van der Waals surface area contributed by atoms with Crippen molar-refractivity contribution in [3.05, 3.63) is 69.2 Å². The summed E-state index contributed by atoms with van der Waals surface area (Å²) in [5, 5.41) is 11.2. The second kappa shape index (κ2) is 8.19. The molecule has 1 saturated heterocycles. The van der Waals surface area contributed by atoms with Crippen molar-refractivity contribution in [2.45, 2.75) is 25.3 Å². The first-order valence-electron chi connectivity index (χ1n) is 8.30. The van der Waals surface area contributed by atoms with Gasteiger partial charge in [0.2, 0.25) is 0 Å². The second-order valence-electron chi connectivity index (χ2n) is 6.16. The lowest BCUT2D eigenvalue weighted by Crippen LogP contribution is -2.32. The molecule has 1 aliphatic rings. The zero-order valence-corrected chi connectivity index (χ0v) is 15.8. The van der Waals surface area contributed by atoms with Gasteiger partial charge in [0.15, 0.2) is 0 Å². The standard InChI is InChI=1S/C20H21BrClNO/c21-16-7-10-18(20(24)14-16)19(23-12-2-1-3-13-23)11-6-15-4-8-17(22)9-5-15/h4-11,14,19,24H,1-3,12-13H2/b11-6+. The second-order valence-corrected chi connectivity index (χ2v) is 7.51. The predicted molar refractivity (Wildman–Crippen MR) is 104 cm³/mol. The van der Waals surface area contributed by atoms with Gasteiger partial charge in [0.1, 0.15) is 5.75 Å². The molecule has 0 amide bonds. The van der Waals surface area contributed by atoms with Gasteiger partial charge in [-0.05, 0) is 55.8 Å². The molecule has 1 N–H and O–H groups in total. The molecule has 2 aromatic carbocycles. The van der Waals surface area contributed by atoms with Gasteiger partial charge in [0.05, 0.1) is 6.04 Å². The summed E-state index contributed by atoms with van der Waals surface area (Å²) in [7, 11) is 0. The summed E-state index contributed by atoms with van der Waals surface area (Å²) >= 11 is 9.38. The number of rotatable bonds is 4. The van der Waals surface area contributed by atoms with Crippen molar-refractivity contribution in [2.24, 2.45) is 0 Å². The van der Waals surface area contributed by atoms with Gasteiger partial charge in [-0.1, -0.05) is 64.3 Å². The van der Waals surface area contributed by atoms with Crippen molar-refractivity contribution >= 4 is 33.6 Å². The van der Waals surface area contributed by atoms with Gasteiger partial charge in [-0.15, -0.1) is 0 Å². The summed E-state index contributed by atoms with van der Waals surface area (Å²) in [6, 6.07) is 13.6. The number of nitrogens with zero attached hydrogens (tertiary/aromatic N) is 1. The lowest BCUT2D eigenvalue weighted by Gasteiger charge is -2.33. The minimum Gasteiger partial charge on any atom is -0.508 e. The van der Waals surface area contributed by atoms with Crippen LogP contribution in [0.1, 0.15) is 36.4 Å². The molecule has 1 heterocycles. The first-order valence-corrected chi connectivity index (χ1v) is 9.47. The fraction of sp³-hybridized carbons (Fsp3) is 0.300. The average Bonchev–Trinajstić information content (AvgIpc) is 2.59. The molecule has 24 heavy (non-hydrogen) atoms. The van der Waals surface area contributed by atoms with E-state index in [2.05, 4.69) is 33.0 Å². The summed E-state index contributed by atoms with van der Waals surface area (Å²) in [6.07, 6.45) is 8.00. The van der Waals surface area contributed by atoms with Crippen LogP contribution in [0.2, 0.25) is 5.02 Å². The van der Waals surface area contributed by atoms with Gasteiger partial charge in [-0.3, -0.25) is 4.90 Å². The van der Waals surface area contributed by atoms with E-state index in [9.17, 15) is 5.11 Å². The third-order valence-corrected chi connectivity index (χ3v) is 5.18. The van der Waals surface area contributed by atoms with Crippen molar-refractivity contribution < 1.29 is 5.11 Å². The Labute approximate surface area is 156 Å². The van der Waals surface area contributed by atoms with Crippen molar-refractivity contribution in [2.75, 3.05) is 13.1 Å². The molecule has 0 bridgehead atoms. The van der Waals surface area contributed by atoms with E-state index < -0.39 is 0 Å². The molecule has 2 aromatic rings. The van der Waals surface area contributed by atoms with E-state index in [0.29, 0.717) is 5.75 Å². The molecule has 1 aliphatic heterocycles. The number of likely N-dealkylation sites (tertiary alicyclic amines) is 1. The molecule has 1 fully saturated rings. The fourth-order valence-electron chi connectivity index (χ4n) is 3.16. The molecule has 1 atom stereocenters. The maximum atomic E-state index is 10.4. The Morgan fingerprint density at radius 3 is 2.42 bits per heavy atom. The number of hydrogen-bond donors (Lipinski definition) is 1. The molecule has 3 rings (SSSR count). The lowest BCUT2D eigenvalue weighted by atomic mass is 9.99. The van der Waals surface area contributed by atoms with Crippen molar-refractivity contribution in [3.8, 4) is 5.75 Å². The maximum absolute atomic E-state index is 10.4. The van der Waals surface area contributed by atoms with Gasteiger partial charge in [0.25, 0.3) is 0 Å². The SMILES string of the molecule is Oc1cc(Br)ccc1C(/C=C/c1ccc(Cl)cc1)N1CCCCC1. The topological polar surface area (TPSA) is 23.5 Å². The normalized spacial score (nSPS) is 17.2. The van der Waals surface area contributed by atoms with Crippen LogP contribution in [0, 0.1) is 0 Å². The quantitative estimate of drug-likeness (QED) is 0.668. The highest BCUT2D eigenvalue weighted by molar-refractivity contribution is 9.10. The summed E-state index contributed by atoms with van der Waals surface area (Å²) in [5.41, 5.74) is 2.06. The monoisotopic (exact) mass is 405 g/mol. The van der Waals surface area contributed by atoms with E-state index in [1.807, 2.05) is 36.4 Å². The van der Waals surface area contributed by atoms with Crippen molar-refractivity contribution in [3.63, 3.8) is 0 Å². The van der Waals surface area contributed by atoms with Crippen molar-refractivity contribution in [1.82, 2.24) is 4.90 Å². The van der Waals surface area contributed by atoms with Gasteiger partial charge >= 0.3 is 0 Å². The number of phenolic OH excluding ortho intramolecular Hbond substituents is 1. The Hall–Kier alpha value is -1.29. The highest BCUT2D eigenvalue weighted by Gasteiger charge is 2.22. The van der Waals surface area contributed by atoms with Crippen LogP contribution in [-0.2, 0) is 0 Å². The number of benzene rings is 2. The zero-order valence-electron chi connectivity index (χ0n) is 13.5.